The van der Waals surface area contributed by atoms with Crippen LogP contribution in [0.2, 0.25) is 0 Å². The van der Waals surface area contributed by atoms with Gasteiger partial charge < -0.3 is 4.90 Å². The molecule has 28 heavy (non-hydrogen) atoms. The van der Waals surface area contributed by atoms with Gasteiger partial charge in [0, 0.05) is 47.7 Å². The number of fused-ring (bicyclic) bond motifs is 2. The maximum Gasteiger partial charge on any atom is 0.269 e. The molecule has 0 saturated carbocycles. The number of hydrogen-bond acceptors (Lipinski definition) is 5. The van der Waals surface area contributed by atoms with E-state index in [9.17, 15) is 14.9 Å². The number of ketones is 1. The lowest BCUT2D eigenvalue weighted by Crippen LogP contribution is -2.22. The van der Waals surface area contributed by atoms with Gasteiger partial charge in [-0.05, 0) is 35.4 Å². The molecular weight excluding hydrogens is 354 g/mol. The fourth-order valence-corrected chi connectivity index (χ4v) is 3.92. The Morgan fingerprint density at radius 2 is 1.96 bits per heavy atom. The number of anilines is 1. The zero-order valence-electron chi connectivity index (χ0n) is 15.8. The molecule has 0 amide bonds. The predicted octanol–water partition coefficient (Wildman–Crippen LogP) is 4.44. The monoisotopic (exact) mass is 373 g/mol. The minimum atomic E-state index is -0.390. The van der Waals surface area contributed by atoms with Crippen molar-refractivity contribution in [1.82, 2.24) is 4.98 Å². The molecule has 2 aliphatic rings. The molecule has 1 aliphatic carbocycles. The number of pyridine rings is 1. The Labute approximate surface area is 162 Å². The molecule has 0 fully saturated rings. The third-order valence-corrected chi connectivity index (χ3v) is 5.41. The molecule has 0 atom stereocenters. The Bertz CT molecular complexity index is 1110. The van der Waals surface area contributed by atoms with E-state index in [4.69, 9.17) is 0 Å². The number of benzene rings is 1. The second-order valence-corrected chi connectivity index (χ2v) is 7.41. The van der Waals surface area contributed by atoms with E-state index in [0.29, 0.717) is 5.69 Å². The van der Waals surface area contributed by atoms with Crippen LogP contribution in [0.4, 0.5) is 11.4 Å². The first-order chi connectivity index (χ1) is 13.3. The second-order valence-electron chi connectivity index (χ2n) is 7.41. The predicted molar refractivity (Wildman–Crippen MR) is 108 cm³/mol. The van der Waals surface area contributed by atoms with Crippen molar-refractivity contribution in [2.45, 2.75) is 19.3 Å². The van der Waals surface area contributed by atoms with Gasteiger partial charge >= 0.3 is 0 Å². The summed E-state index contributed by atoms with van der Waals surface area (Å²) >= 11 is 0. The number of aromatic nitrogens is 1. The van der Waals surface area contributed by atoms with Gasteiger partial charge in [0.1, 0.15) is 5.69 Å². The van der Waals surface area contributed by atoms with Crippen molar-refractivity contribution in [1.29, 1.82) is 0 Å². The lowest BCUT2D eigenvalue weighted by atomic mass is 9.83. The maximum absolute atomic E-state index is 12.0. The van der Waals surface area contributed by atoms with E-state index in [2.05, 4.69) is 23.7 Å². The van der Waals surface area contributed by atoms with Crippen LogP contribution in [0.15, 0.2) is 66.5 Å². The molecule has 2 heterocycles. The lowest BCUT2D eigenvalue weighted by molar-refractivity contribution is -0.384. The van der Waals surface area contributed by atoms with Gasteiger partial charge in [-0.15, -0.1) is 0 Å². The molecular formula is C22H19N3O3. The van der Waals surface area contributed by atoms with Gasteiger partial charge in [0.15, 0.2) is 0 Å². The van der Waals surface area contributed by atoms with Crippen LogP contribution >= 0.6 is 0 Å². The highest BCUT2D eigenvalue weighted by Gasteiger charge is 2.39. The molecule has 4 rings (SSSR count). The van der Waals surface area contributed by atoms with Crippen LogP contribution in [0.25, 0.3) is 5.57 Å². The summed E-state index contributed by atoms with van der Waals surface area (Å²) in [6.07, 6.45) is 8.92. The van der Waals surface area contributed by atoms with E-state index in [1.807, 2.05) is 31.3 Å². The number of nitrogens with zero attached hydrogens (tertiary/aromatic N) is 3. The molecule has 140 valence electrons. The Kier molecular flexibility index (Phi) is 4.00. The van der Waals surface area contributed by atoms with E-state index >= 15 is 0 Å². The number of likely N-dealkylation sites (N-methyl/N-ethyl adjacent to an activating group) is 1. The molecule has 0 radical (unpaired) electrons. The van der Waals surface area contributed by atoms with Crippen molar-refractivity contribution >= 4 is 22.7 Å². The van der Waals surface area contributed by atoms with Gasteiger partial charge in [0.2, 0.25) is 5.78 Å². The molecule has 6 nitrogen and oxygen atoms in total. The summed E-state index contributed by atoms with van der Waals surface area (Å²) in [5.74, 6) is -0.0987. The first-order valence-corrected chi connectivity index (χ1v) is 8.93. The fraction of sp³-hybridized carbons (Fsp3) is 0.182. The number of allylic oxidation sites excluding steroid dienone is 6. The minimum Gasteiger partial charge on any atom is -0.347 e. The van der Waals surface area contributed by atoms with Crippen molar-refractivity contribution in [3.05, 3.63) is 93.5 Å². The average molecular weight is 373 g/mol. The Morgan fingerprint density at radius 1 is 1.18 bits per heavy atom. The number of rotatable bonds is 2. The first-order valence-electron chi connectivity index (χ1n) is 8.93. The van der Waals surface area contributed by atoms with Gasteiger partial charge in [-0.3, -0.25) is 19.9 Å². The molecule has 1 aromatic carbocycles. The van der Waals surface area contributed by atoms with Gasteiger partial charge in [-0.25, -0.2) is 0 Å². The van der Waals surface area contributed by atoms with Crippen LogP contribution in [0.1, 0.15) is 35.5 Å². The molecule has 0 unspecified atom stereocenters. The Hall–Kier alpha value is -3.54. The molecule has 0 spiro atoms. The number of nitro groups is 1. The summed E-state index contributed by atoms with van der Waals surface area (Å²) in [5, 5.41) is 11.2. The molecule has 0 N–H and O–H groups in total. The zero-order valence-corrected chi connectivity index (χ0v) is 15.8. The van der Waals surface area contributed by atoms with Gasteiger partial charge in [-0.2, -0.15) is 0 Å². The van der Waals surface area contributed by atoms with Crippen LogP contribution in [0.5, 0.6) is 0 Å². The topological polar surface area (TPSA) is 76.3 Å². The van der Waals surface area contributed by atoms with E-state index in [0.717, 1.165) is 28.1 Å². The van der Waals surface area contributed by atoms with Crippen molar-refractivity contribution in [3.63, 3.8) is 0 Å². The molecule has 0 bridgehead atoms. The average Bonchev–Trinajstić information content (AvgIpc) is 2.87. The van der Waals surface area contributed by atoms with Gasteiger partial charge in [-0.1, -0.05) is 32.1 Å². The number of hydrogen-bond donors (Lipinski definition) is 0. The highest BCUT2D eigenvalue weighted by molar-refractivity contribution is 6.11. The van der Waals surface area contributed by atoms with E-state index < -0.39 is 0 Å². The van der Waals surface area contributed by atoms with E-state index in [1.54, 1.807) is 24.4 Å². The van der Waals surface area contributed by atoms with Crippen LogP contribution in [-0.4, -0.2) is 22.7 Å². The van der Waals surface area contributed by atoms with Crippen LogP contribution in [0.3, 0.4) is 0 Å². The normalized spacial score (nSPS) is 19.8. The van der Waals surface area contributed by atoms with Crippen molar-refractivity contribution in [2.75, 3.05) is 11.9 Å². The highest BCUT2D eigenvalue weighted by atomic mass is 16.6. The number of non-ortho nitro benzene ring substituents is 1. The maximum atomic E-state index is 12.0. The van der Waals surface area contributed by atoms with Crippen LogP contribution in [0, 0.1) is 10.1 Å². The van der Waals surface area contributed by atoms with Crippen LogP contribution in [-0.2, 0) is 5.41 Å². The molecule has 2 aromatic rings. The van der Waals surface area contributed by atoms with Crippen molar-refractivity contribution in [3.8, 4) is 0 Å². The Morgan fingerprint density at radius 3 is 2.71 bits per heavy atom. The molecule has 6 heteroatoms. The number of nitro benzene ring substituents is 1. The van der Waals surface area contributed by atoms with Crippen molar-refractivity contribution in [2.24, 2.45) is 0 Å². The van der Waals surface area contributed by atoms with Crippen molar-refractivity contribution < 1.29 is 9.72 Å². The lowest BCUT2D eigenvalue weighted by Gasteiger charge is -2.24. The van der Waals surface area contributed by atoms with Crippen LogP contribution < -0.4 is 4.90 Å². The second kappa shape index (κ2) is 6.27. The SMILES string of the molecule is CN1/C(=C\C=C2\C=CC(=O)c3ncccc32)C(C)(C)c2cc([N+](=O)[O-])ccc21. The summed E-state index contributed by atoms with van der Waals surface area (Å²) < 4.78 is 0. The highest BCUT2D eigenvalue weighted by Crippen LogP contribution is 2.48. The summed E-state index contributed by atoms with van der Waals surface area (Å²) in [7, 11) is 1.96. The number of carbonyl (C=O) groups is 1. The summed E-state index contributed by atoms with van der Waals surface area (Å²) in [4.78, 5) is 29.1. The quantitative estimate of drug-likeness (QED) is 0.575. The smallest absolute Gasteiger partial charge is 0.269 e. The molecule has 0 saturated heterocycles. The van der Waals surface area contributed by atoms with Gasteiger partial charge in [0.25, 0.3) is 5.69 Å². The number of carbonyl (C=O) groups excluding carboxylic acids is 1. The van der Waals surface area contributed by atoms with E-state index in [-0.39, 0.29) is 21.8 Å². The largest absolute Gasteiger partial charge is 0.347 e. The molecule has 1 aliphatic heterocycles. The minimum absolute atomic E-state index is 0.0913. The third kappa shape index (κ3) is 2.65. The third-order valence-electron chi connectivity index (χ3n) is 5.41. The standard InChI is InChI=1S/C22H19N3O3/c1-22(2)17-13-15(25(27)28)8-9-18(17)24(3)20(22)11-7-14-6-10-19(26)21-16(14)5-4-12-23-21/h4-13H,1-3H3/b14-7-,20-11-. The van der Waals surface area contributed by atoms with Gasteiger partial charge in [0.05, 0.1) is 4.92 Å². The van der Waals surface area contributed by atoms with E-state index in [1.165, 1.54) is 12.1 Å². The molecule has 1 aromatic heterocycles. The first kappa shape index (κ1) is 17.9. The summed E-state index contributed by atoms with van der Waals surface area (Å²) in [5.41, 5.74) is 4.76. The summed E-state index contributed by atoms with van der Waals surface area (Å²) in [6.45, 7) is 4.11. The summed E-state index contributed by atoms with van der Waals surface area (Å²) in [6, 6.07) is 8.67. The zero-order chi connectivity index (χ0) is 20.1. The Balaban J connectivity index is 1.79. The fourth-order valence-electron chi connectivity index (χ4n) is 3.92.